The molecule has 1 aromatic heterocycles. The first-order valence-electron chi connectivity index (χ1n) is 8.44. The third kappa shape index (κ3) is 3.28. The summed E-state index contributed by atoms with van der Waals surface area (Å²) in [6.07, 6.45) is 2.05. The first kappa shape index (κ1) is 18.2. The first-order valence-corrected chi connectivity index (χ1v) is 9.20. The van der Waals surface area contributed by atoms with Crippen molar-refractivity contribution in [3.8, 4) is 0 Å². The number of nitrogens with zero attached hydrogens (tertiary/aromatic N) is 2. The highest BCUT2D eigenvalue weighted by Crippen LogP contribution is 2.54. The summed E-state index contributed by atoms with van der Waals surface area (Å²) in [5, 5.41) is 0.844. The number of amidine groups is 1. The average molecular weight is 408 g/mol. The number of alkyl halides is 1. The maximum absolute atomic E-state index is 14.2. The molecule has 2 heterocycles. The fourth-order valence-electron chi connectivity index (χ4n) is 3.56. The van der Waals surface area contributed by atoms with Crippen LogP contribution in [0.3, 0.4) is 0 Å². The summed E-state index contributed by atoms with van der Waals surface area (Å²) >= 11 is 12.2. The van der Waals surface area contributed by atoms with E-state index in [1.54, 1.807) is 30.3 Å². The van der Waals surface area contributed by atoms with Gasteiger partial charge in [-0.05, 0) is 30.2 Å². The predicted octanol–water partition coefficient (Wildman–Crippen LogP) is 3.71. The number of aromatic nitrogens is 1. The summed E-state index contributed by atoms with van der Waals surface area (Å²) < 4.78 is 19.6. The molecular weight excluding hydrogens is 392 g/mol. The van der Waals surface area contributed by atoms with Gasteiger partial charge in [-0.1, -0.05) is 35.3 Å². The number of hydrogen-bond donors (Lipinski definition) is 1. The van der Waals surface area contributed by atoms with Gasteiger partial charge in [-0.15, -0.1) is 0 Å². The Morgan fingerprint density at radius 3 is 2.85 bits per heavy atom. The van der Waals surface area contributed by atoms with Crippen molar-refractivity contribution in [1.29, 1.82) is 0 Å². The number of carbonyl (C=O) groups is 1. The van der Waals surface area contributed by atoms with Gasteiger partial charge < -0.3 is 10.5 Å². The average Bonchev–Trinajstić information content (AvgIpc) is 3.43. The minimum Gasteiger partial charge on any atom is -0.462 e. The number of benzene rings is 1. The van der Waals surface area contributed by atoms with Crippen LogP contribution in [0, 0.1) is 5.92 Å². The van der Waals surface area contributed by atoms with E-state index in [1.807, 2.05) is 0 Å². The van der Waals surface area contributed by atoms with Crippen LogP contribution in [0.2, 0.25) is 10.0 Å². The van der Waals surface area contributed by atoms with Crippen molar-refractivity contribution in [2.24, 2.45) is 16.6 Å². The molecule has 27 heavy (non-hydrogen) atoms. The van der Waals surface area contributed by atoms with Crippen LogP contribution in [0.15, 0.2) is 41.5 Å². The summed E-state index contributed by atoms with van der Waals surface area (Å²) in [5.41, 5.74) is 6.11. The fraction of sp³-hybridized carbons (Fsp3) is 0.316. The van der Waals surface area contributed by atoms with Gasteiger partial charge in [-0.2, -0.15) is 0 Å². The molecule has 2 aromatic rings. The molecule has 4 rings (SSSR count). The Bertz CT molecular complexity index is 935. The van der Waals surface area contributed by atoms with Crippen LogP contribution in [-0.4, -0.2) is 29.6 Å². The van der Waals surface area contributed by atoms with Gasteiger partial charge in [0.2, 0.25) is 0 Å². The topological polar surface area (TPSA) is 77.6 Å². The zero-order valence-electron chi connectivity index (χ0n) is 14.2. The third-order valence-electron chi connectivity index (χ3n) is 5.01. The van der Waals surface area contributed by atoms with Gasteiger partial charge in [0.25, 0.3) is 6.02 Å². The lowest BCUT2D eigenvalue weighted by Gasteiger charge is -2.32. The number of ether oxygens (including phenoxy) is 1. The van der Waals surface area contributed by atoms with E-state index < -0.39 is 12.2 Å². The normalized spacial score (nSPS) is 26.0. The van der Waals surface area contributed by atoms with E-state index in [9.17, 15) is 9.18 Å². The Morgan fingerprint density at radius 2 is 2.15 bits per heavy atom. The second kappa shape index (κ2) is 6.77. The Labute approximate surface area is 165 Å². The molecular formula is C19H16Cl2FN3O2. The molecule has 5 nitrogen and oxygen atoms in total. The highest BCUT2D eigenvalue weighted by atomic mass is 35.5. The standard InChI is InChI=1S/C19H16Cl2FN3O2/c20-11-2-4-15(24-8-11)16(26)6-10-1-3-14(21)12(5-10)19(9-22)13-7-17(13)27-18(23)25-19/h1-5,8,13,17H,6-7,9H2,(H2,23,25)/t13-,17+,19+/m1/s1. The number of aliphatic imine (C=N–C) groups is 1. The highest BCUT2D eigenvalue weighted by molar-refractivity contribution is 6.31. The van der Waals surface area contributed by atoms with Crippen LogP contribution in [-0.2, 0) is 16.7 Å². The van der Waals surface area contributed by atoms with Crippen LogP contribution in [0.4, 0.5) is 4.39 Å². The lowest BCUT2D eigenvalue weighted by Crippen LogP contribution is -2.39. The first-order chi connectivity index (χ1) is 12.9. The van der Waals surface area contributed by atoms with Crippen molar-refractivity contribution < 1.29 is 13.9 Å². The molecule has 2 N–H and O–H groups in total. The van der Waals surface area contributed by atoms with Gasteiger partial charge in [-0.25, -0.2) is 9.38 Å². The number of Topliss-reactive ketones (excluding diaryl/α,β-unsaturated/α-hetero) is 1. The monoisotopic (exact) mass is 407 g/mol. The van der Waals surface area contributed by atoms with Gasteiger partial charge in [0.15, 0.2) is 5.78 Å². The van der Waals surface area contributed by atoms with Gasteiger partial charge in [0, 0.05) is 29.1 Å². The van der Waals surface area contributed by atoms with Gasteiger partial charge >= 0.3 is 0 Å². The zero-order valence-corrected chi connectivity index (χ0v) is 15.7. The van der Waals surface area contributed by atoms with Crippen molar-refractivity contribution in [3.05, 3.63) is 63.4 Å². The number of pyridine rings is 1. The summed E-state index contributed by atoms with van der Waals surface area (Å²) in [6, 6.07) is 8.28. The van der Waals surface area contributed by atoms with E-state index in [4.69, 9.17) is 33.7 Å². The quantitative estimate of drug-likeness (QED) is 0.766. The van der Waals surface area contributed by atoms with E-state index in [2.05, 4.69) is 9.98 Å². The third-order valence-corrected chi connectivity index (χ3v) is 5.56. The van der Waals surface area contributed by atoms with Gasteiger partial charge in [0.05, 0.1) is 5.02 Å². The van der Waals surface area contributed by atoms with Crippen molar-refractivity contribution in [3.63, 3.8) is 0 Å². The Kier molecular flexibility index (Phi) is 4.56. The molecule has 2 aliphatic rings. The number of fused-ring (bicyclic) bond motifs is 1. The molecule has 1 aromatic carbocycles. The fourth-order valence-corrected chi connectivity index (χ4v) is 3.95. The summed E-state index contributed by atoms with van der Waals surface area (Å²) in [7, 11) is 0. The molecule has 8 heteroatoms. The Morgan fingerprint density at radius 1 is 1.33 bits per heavy atom. The molecule has 3 atom stereocenters. The number of carbonyl (C=O) groups excluding carboxylic acids is 1. The van der Waals surface area contributed by atoms with E-state index in [0.29, 0.717) is 33.3 Å². The van der Waals surface area contributed by atoms with Gasteiger partial charge in [-0.3, -0.25) is 9.78 Å². The van der Waals surface area contributed by atoms with E-state index in [-0.39, 0.29) is 30.2 Å². The summed E-state index contributed by atoms with van der Waals surface area (Å²) in [5.74, 6) is -0.287. The molecule has 1 aliphatic heterocycles. The van der Waals surface area contributed by atoms with Crippen LogP contribution in [0.1, 0.15) is 28.0 Å². The molecule has 0 amide bonds. The number of hydrogen-bond acceptors (Lipinski definition) is 5. The molecule has 140 valence electrons. The SMILES string of the molecule is NC1=N[C@@](CF)(c2cc(CC(=O)c3ccc(Cl)cn3)ccc2Cl)[C@@H]2C[C@@H]2O1. The predicted molar refractivity (Wildman–Crippen MR) is 101 cm³/mol. The van der Waals surface area contributed by atoms with Gasteiger partial charge in [0.1, 0.15) is 24.0 Å². The molecule has 0 bridgehead atoms. The Hall–Kier alpha value is -2.18. The van der Waals surface area contributed by atoms with E-state index in [1.165, 1.54) is 6.20 Å². The largest absolute Gasteiger partial charge is 0.462 e. The number of halogens is 3. The van der Waals surface area contributed by atoms with Crippen LogP contribution in [0.5, 0.6) is 0 Å². The van der Waals surface area contributed by atoms with Crippen molar-refractivity contribution in [2.75, 3.05) is 6.67 Å². The maximum atomic E-state index is 14.2. The van der Waals surface area contributed by atoms with Crippen LogP contribution in [0.25, 0.3) is 0 Å². The van der Waals surface area contributed by atoms with Crippen molar-refractivity contribution in [2.45, 2.75) is 24.5 Å². The highest BCUT2D eigenvalue weighted by Gasteiger charge is 2.59. The maximum Gasteiger partial charge on any atom is 0.283 e. The number of ketones is 1. The zero-order chi connectivity index (χ0) is 19.2. The van der Waals surface area contributed by atoms with Crippen LogP contribution >= 0.6 is 23.2 Å². The molecule has 1 aliphatic carbocycles. The Balaban J connectivity index is 1.66. The lowest BCUT2D eigenvalue weighted by molar-refractivity contribution is 0.0988. The second-order valence-electron chi connectivity index (χ2n) is 6.78. The molecule has 0 unspecified atom stereocenters. The molecule has 0 saturated heterocycles. The molecule has 1 saturated carbocycles. The number of rotatable bonds is 5. The second-order valence-corrected chi connectivity index (χ2v) is 7.63. The van der Waals surface area contributed by atoms with Crippen molar-refractivity contribution >= 4 is 35.0 Å². The van der Waals surface area contributed by atoms with Crippen LogP contribution < -0.4 is 5.73 Å². The summed E-state index contributed by atoms with van der Waals surface area (Å²) in [4.78, 5) is 20.8. The minimum atomic E-state index is -1.17. The molecule has 1 fully saturated rings. The minimum absolute atomic E-state index is 0.0330. The van der Waals surface area contributed by atoms with E-state index >= 15 is 0 Å². The summed E-state index contributed by atoms with van der Waals surface area (Å²) in [6.45, 7) is -0.742. The van der Waals surface area contributed by atoms with E-state index in [0.717, 1.165) is 0 Å². The number of nitrogens with two attached hydrogens (primary N) is 1. The molecule has 0 spiro atoms. The smallest absolute Gasteiger partial charge is 0.283 e. The molecule has 0 radical (unpaired) electrons. The lowest BCUT2D eigenvalue weighted by atomic mass is 9.84. The van der Waals surface area contributed by atoms with Crippen molar-refractivity contribution in [1.82, 2.24) is 4.98 Å².